The van der Waals surface area contributed by atoms with Crippen molar-refractivity contribution in [1.82, 2.24) is 9.97 Å². The molecule has 0 fully saturated rings. The number of nitrogens with one attached hydrogen (secondary N) is 1. The zero-order valence-corrected chi connectivity index (χ0v) is 8.28. The van der Waals surface area contributed by atoms with Crippen molar-refractivity contribution in [2.45, 2.75) is 19.3 Å². The molecule has 5 nitrogen and oxygen atoms in total. The van der Waals surface area contributed by atoms with Crippen molar-refractivity contribution in [3.63, 3.8) is 0 Å². The summed E-state index contributed by atoms with van der Waals surface area (Å²) in [5.41, 5.74) is -0.293. The number of nitrogens with zero attached hydrogens (tertiary/aromatic N) is 1. The summed E-state index contributed by atoms with van der Waals surface area (Å²) in [7, 11) is 0. The number of rotatable bonds is 5. The molecular weight excluding hydrogens is 184 g/mol. The Balaban J connectivity index is 2.46. The van der Waals surface area contributed by atoms with Gasteiger partial charge in [-0.15, -0.1) is 0 Å². The van der Waals surface area contributed by atoms with Crippen molar-refractivity contribution in [3.8, 4) is 0 Å². The van der Waals surface area contributed by atoms with Crippen molar-refractivity contribution < 1.29 is 14.6 Å². The van der Waals surface area contributed by atoms with E-state index in [1.807, 2.05) is 13.8 Å². The lowest BCUT2D eigenvalue weighted by atomic mass is 9.94. The molecule has 0 aliphatic carbocycles. The molecule has 0 saturated heterocycles. The van der Waals surface area contributed by atoms with Crippen LogP contribution in [0.15, 0.2) is 12.4 Å². The van der Waals surface area contributed by atoms with Crippen LogP contribution in [0.5, 0.6) is 0 Å². The third-order valence-electron chi connectivity index (χ3n) is 1.83. The van der Waals surface area contributed by atoms with E-state index in [1.54, 1.807) is 12.4 Å². The highest BCUT2D eigenvalue weighted by Crippen LogP contribution is 2.18. The molecule has 0 aliphatic rings. The number of hydrogen-bond acceptors (Lipinski definition) is 3. The molecule has 0 spiro atoms. The fraction of sp³-hybridized carbons (Fsp3) is 0.556. The maximum absolute atomic E-state index is 10.2. The number of carbonyl (C=O) groups is 1. The molecule has 0 radical (unpaired) electrons. The smallest absolute Gasteiger partial charge is 0.329 e. The molecule has 0 aliphatic heterocycles. The minimum atomic E-state index is -0.958. The highest BCUT2D eigenvalue weighted by Gasteiger charge is 2.23. The van der Waals surface area contributed by atoms with E-state index in [1.165, 1.54) is 0 Å². The fourth-order valence-electron chi connectivity index (χ4n) is 1.10. The first kappa shape index (κ1) is 10.7. The van der Waals surface area contributed by atoms with Gasteiger partial charge in [0.05, 0.1) is 6.61 Å². The van der Waals surface area contributed by atoms with Crippen LogP contribution in [0.3, 0.4) is 0 Å². The summed E-state index contributed by atoms with van der Waals surface area (Å²) in [6.07, 6.45) is 3.39. The Hall–Kier alpha value is -1.36. The third kappa shape index (κ3) is 2.85. The van der Waals surface area contributed by atoms with E-state index in [9.17, 15) is 4.79 Å². The molecule has 2 N–H and O–H groups in total. The van der Waals surface area contributed by atoms with Crippen LogP contribution in [0.2, 0.25) is 0 Å². The fourth-order valence-corrected chi connectivity index (χ4v) is 1.10. The van der Waals surface area contributed by atoms with Gasteiger partial charge in [-0.05, 0) is 0 Å². The van der Waals surface area contributed by atoms with E-state index < -0.39 is 5.97 Å². The molecule has 14 heavy (non-hydrogen) atoms. The number of H-pyrrole nitrogens is 1. The Morgan fingerprint density at radius 1 is 1.71 bits per heavy atom. The van der Waals surface area contributed by atoms with Crippen LogP contribution in [-0.2, 0) is 14.9 Å². The quantitative estimate of drug-likeness (QED) is 0.733. The molecule has 1 aromatic heterocycles. The molecular formula is C9H14N2O3. The summed E-state index contributed by atoms with van der Waals surface area (Å²) < 4.78 is 5.02. The lowest BCUT2D eigenvalue weighted by Gasteiger charge is -2.21. The summed E-state index contributed by atoms with van der Waals surface area (Å²) in [6.45, 7) is 3.93. The predicted molar refractivity (Wildman–Crippen MR) is 50.1 cm³/mol. The standard InChI is InChI=1S/C9H14N2O3/c1-9(2,6-14-5-7(12)13)8-10-3-4-11-8/h3-4H,5-6H2,1-2H3,(H,10,11)(H,12,13). The lowest BCUT2D eigenvalue weighted by Crippen LogP contribution is -2.27. The van der Waals surface area contributed by atoms with Crippen molar-refractivity contribution in [3.05, 3.63) is 18.2 Å². The van der Waals surface area contributed by atoms with Crippen LogP contribution in [-0.4, -0.2) is 34.3 Å². The van der Waals surface area contributed by atoms with E-state index in [4.69, 9.17) is 9.84 Å². The molecule has 0 atom stereocenters. The summed E-state index contributed by atoms with van der Waals surface area (Å²) in [5.74, 6) is -0.164. The number of aromatic amines is 1. The predicted octanol–water partition coefficient (Wildman–Crippen LogP) is 0.788. The van der Waals surface area contributed by atoms with Crippen LogP contribution >= 0.6 is 0 Å². The molecule has 0 saturated carbocycles. The largest absolute Gasteiger partial charge is 0.480 e. The molecule has 0 bridgehead atoms. The number of carboxylic acids is 1. The Bertz CT molecular complexity index is 293. The Labute approximate surface area is 82.1 Å². The van der Waals surface area contributed by atoms with Gasteiger partial charge in [-0.2, -0.15) is 0 Å². The Morgan fingerprint density at radius 2 is 2.43 bits per heavy atom. The van der Waals surface area contributed by atoms with Gasteiger partial charge in [0.1, 0.15) is 12.4 Å². The highest BCUT2D eigenvalue weighted by molar-refractivity contribution is 5.67. The average Bonchev–Trinajstić information content (AvgIpc) is 2.54. The summed E-state index contributed by atoms with van der Waals surface area (Å²) in [5, 5.41) is 8.39. The van der Waals surface area contributed by atoms with E-state index in [0.717, 1.165) is 5.82 Å². The molecule has 78 valence electrons. The number of hydrogen-bond donors (Lipinski definition) is 2. The van der Waals surface area contributed by atoms with Gasteiger partial charge in [-0.25, -0.2) is 9.78 Å². The number of carboxylic acid groups (broad SMARTS) is 1. The lowest BCUT2D eigenvalue weighted by molar-refractivity contribution is -0.142. The Morgan fingerprint density at radius 3 is 2.93 bits per heavy atom. The maximum atomic E-state index is 10.2. The van der Waals surface area contributed by atoms with Crippen molar-refractivity contribution >= 4 is 5.97 Å². The molecule has 1 rings (SSSR count). The first-order chi connectivity index (χ1) is 6.52. The van der Waals surface area contributed by atoms with Crippen molar-refractivity contribution in [2.75, 3.05) is 13.2 Å². The highest BCUT2D eigenvalue weighted by atomic mass is 16.5. The maximum Gasteiger partial charge on any atom is 0.329 e. The summed E-state index contributed by atoms with van der Waals surface area (Å²) in [4.78, 5) is 17.3. The zero-order valence-electron chi connectivity index (χ0n) is 8.28. The minimum absolute atomic E-state index is 0.274. The van der Waals surface area contributed by atoms with Gasteiger partial charge in [0.2, 0.25) is 0 Å². The van der Waals surface area contributed by atoms with Gasteiger partial charge >= 0.3 is 5.97 Å². The number of ether oxygens (including phenoxy) is 1. The van der Waals surface area contributed by atoms with Crippen molar-refractivity contribution in [1.29, 1.82) is 0 Å². The van der Waals surface area contributed by atoms with Gasteiger partial charge < -0.3 is 14.8 Å². The van der Waals surface area contributed by atoms with E-state index in [0.29, 0.717) is 6.61 Å². The van der Waals surface area contributed by atoms with Gasteiger partial charge in [0.25, 0.3) is 0 Å². The van der Waals surface area contributed by atoms with Crippen LogP contribution in [0.4, 0.5) is 0 Å². The normalized spacial score (nSPS) is 11.6. The summed E-state index contributed by atoms with van der Waals surface area (Å²) >= 11 is 0. The number of aromatic nitrogens is 2. The monoisotopic (exact) mass is 198 g/mol. The second kappa shape index (κ2) is 4.23. The summed E-state index contributed by atoms with van der Waals surface area (Å²) in [6, 6.07) is 0. The van der Waals surface area contributed by atoms with E-state index in [-0.39, 0.29) is 12.0 Å². The molecule has 1 aromatic rings. The number of imidazole rings is 1. The first-order valence-electron chi connectivity index (χ1n) is 4.32. The third-order valence-corrected chi connectivity index (χ3v) is 1.83. The second-order valence-corrected chi connectivity index (χ2v) is 3.71. The van der Waals surface area contributed by atoms with Crippen LogP contribution < -0.4 is 0 Å². The first-order valence-corrected chi connectivity index (χ1v) is 4.32. The van der Waals surface area contributed by atoms with E-state index in [2.05, 4.69) is 9.97 Å². The molecule has 1 heterocycles. The molecule has 0 unspecified atom stereocenters. The minimum Gasteiger partial charge on any atom is -0.480 e. The van der Waals surface area contributed by atoms with Crippen LogP contribution in [0.1, 0.15) is 19.7 Å². The van der Waals surface area contributed by atoms with Crippen LogP contribution in [0.25, 0.3) is 0 Å². The molecule has 0 aromatic carbocycles. The van der Waals surface area contributed by atoms with Crippen molar-refractivity contribution in [2.24, 2.45) is 0 Å². The molecule has 5 heteroatoms. The van der Waals surface area contributed by atoms with Gasteiger partial charge in [-0.1, -0.05) is 13.8 Å². The van der Waals surface area contributed by atoms with Gasteiger partial charge in [0.15, 0.2) is 0 Å². The van der Waals surface area contributed by atoms with Crippen LogP contribution in [0, 0.1) is 0 Å². The zero-order chi connectivity index (χ0) is 10.6. The number of aliphatic carboxylic acids is 1. The average molecular weight is 198 g/mol. The molecule has 0 amide bonds. The second-order valence-electron chi connectivity index (χ2n) is 3.71. The SMILES string of the molecule is CC(C)(COCC(=O)O)c1ncc[nH]1. The van der Waals surface area contributed by atoms with Gasteiger partial charge in [0, 0.05) is 17.8 Å². The van der Waals surface area contributed by atoms with Gasteiger partial charge in [-0.3, -0.25) is 0 Å². The Kier molecular flexibility index (Phi) is 3.24. The van der Waals surface area contributed by atoms with E-state index >= 15 is 0 Å². The topological polar surface area (TPSA) is 75.2 Å².